The number of hydrogen-bond donors (Lipinski definition) is 1. The van der Waals surface area contributed by atoms with Crippen LogP contribution in [0.1, 0.15) is 32.6 Å². The molecule has 0 saturated carbocycles. The van der Waals surface area contributed by atoms with E-state index in [-0.39, 0.29) is 24.5 Å². The molecule has 10 nitrogen and oxygen atoms in total. The van der Waals surface area contributed by atoms with Crippen LogP contribution in [0.2, 0.25) is 0 Å². The fourth-order valence-electron chi connectivity index (χ4n) is 2.62. The van der Waals surface area contributed by atoms with Crippen molar-refractivity contribution in [3.8, 4) is 0 Å². The molecule has 2 rings (SSSR count). The van der Waals surface area contributed by atoms with Gasteiger partial charge in [0.1, 0.15) is 0 Å². The standard InChI is InChI=1S/C14H18N2O8S/c1-9(15-11(17)5-6-12(15)18)4-2-3-7-24-16-13(19)8-10(14(16)20)25(21,22)23/h5-6,9-10H,2-4,7-8H2,1H3,(H,21,22,23). The van der Waals surface area contributed by atoms with Crippen LogP contribution < -0.4 is 0 Å². The Balaban J connectivity index is 1.73. The summed E-state index contributed by atoms with van der Waals surface area (Å²) < 4.78 is 30.9. The van der Waals surface area contributed by atoms with Crippen LogP contribution in [0.3, 0.4) is 0 Å². The average Bonchev–Trinajstić information content (AvgIpc) is 2.99. The van der Waals surface area contributed by atoms with E-state index in [0.717, 1.165) is 4.90 Å². The summed E-state index contributed by atoms with van der Waals surface area (Å²) in [7, 11) is -4.65. The van der Waals surface area contributed by atoms with Crippen LogP contribution in [0.5, 0.6) is 0 Å². The van der Waals surface area contributed by atoms with E-state index in [1.54, 1.807) is 6.92 Å². The molecule has 1 saturated heterocycles. The summed E-state index contributed by atoms with van der Waals surface area (Å²) in [6.45, 7) is 1.70. The number of rotatable bonds is 8. The highest BCUT2D eigenvalue weighted by Gasteiger charge is 2.46. The number of imide groups is 2. The van der Waals surface area contributed by atoms with E-state index in [1.165, 1.54) is 12.2 Å². The molecule has 0 spiro atoms. The Morgan fingerprint density at radius 3 is 2.32 bits per heavy atom. The van der Waals surface area contributed by atoms with Crippen LogP contribution in [-0.4, -0.2) is 64.5 Å². The highest BCUT2D eigenvalue weighted by molar-refractivity contribution is 7.87. The Labute approximate surface area is 144 Å². The molecule has 0 aromatic carbocycles. The predicted octanol–water partition coefficient (Wildman–Crippen LogP) is -0.583. The number of hydrogen-bond acceptors (Lipinski definition) is 7. The third kappa shape index (κ3) is 4.30. The molecule has 0 bridgehead atoms. The van der Waals surface area contributed by atoms with Crippen molar-refractivity contribution in [2.45, 2.75) is 43.9 Å². The number of carbonyl (C=O) groups excluding carboxylic acids is 4. The van der Waals surface area contributed by atoms with Crippen LogP contribution in [0.15, 0.2) is 12.2 Å². The lowest BCUT2D eigenvalue weighted by atomic mass is 10.1. The Kier molecular flexibility index (Phi) is 5.70. The summed E-state index contributed by atoms with van der Waals surface area (Å²) in [4.78, 5) is 52.5. The van der Waals surface area contributed by atoms with E-state index >= 15 is 0 Å². The molecule has 0 aromatic heterocycles. The second-order valence-electron chi connectivity index (χ2n) is 5.79. The van der Waals surface area contributed by atoms with Gasteiger partial charge in [-0.05, 0) is 26.2 Å². The molecule has 138 valence electrons. The van der Waals surface area contributed by atoms with E-state index in [1.807, 2.05) is 0 Å². The molecular formula is C14H18N2O8S. The summed E-state index contributed by atoms with van der Waals surface area (Å²) >= 11 is 0. The minimum atomic E-state index is -4.65. The maximum absolute atomic E-state index is 11.7. The van der Waals surface area contributed by atoms with Gasteiger partial charge < -0.3 is 0 Å². The SMILES string of the molecule is CC(CCCCON1C(=O)CC(S(=O)(=O)O)C1=O)N1C(=O)C=CC1=O. The van der Waals surface area contributed by atoms with E-state index in [9.17, 15) is 27.6 Å². The van der Waals surface area contributed by atoms with Gasteiger partial charge in [0.25, 0.3) is 33.7 Å². The number of nitrogens with zero attached hydrogens (tertiary/aromatic N) is 2. The normalized spacial score (nSPS) is 22.4. The summed E-state index contributed by atoms with van der Waals surface area (Å²) in [5.74, 6) is -2.67. The quantitative estimate of drug-likeness (QED) is 0.338. The molecule has 0 aromatic rings. The summed E-state index contributed by atoms with van der Waals surface area (Å²) in [6.07, 6.45) is 3.24. The number of hydroxylamine groups is 2. The molecule has 0 radical (unpaired) electrons. The van der Waals surface area contributed by atoms with Gasteiger partial charge in [-0.1, -0.05) is 0 Å². The molecule has 2 unspecified atom stereocenters. The number of carbonyl (C=O) groups is 4. The molecule has 2 aliphatic rings. The highest BCUT2D eigenvalue weighted by atomic mass is 32.2. The first kappa shape index (κ1) is 19.2. The third-order valence-electron chi connectivity index (χ3n) is 3.94. The van der Waals surface area contributed by atoms with Crippen molar-refractivity contribution in [3.05, 3.63) is 12.2 Å². The second-order valence-corrected chi connectivity index (χ2v) is 7.39. The number of unbranched alkanes of at least 4 members (excludes halogenated alkanes) is 1. The van der Waals surface area contributed by atoms with Gasteiger partial charge in [0, 0.05) is 18.2 Å². The zero-order valence-corrected chi connectivity index (χ0v) is 14.3. The van der Waals surface area contributed by atoms with Gasteiger partial charge in [-0.2, -0.15) is 13.5 Å². The van der Waals surface area contributed by atoms with Crippen molar-refractivity contribution >= 4 is 33.7 Å². The monoisotopic (exact) mass is 374 g/mol. The molecule has 2 aliphatic heterocycles. The van der Waals surface area contributed by atoms with Gasteiger partial charge in [-0.3, -0.25) is 33.5 Å². The lowest BCUT2D eigenvalue weighted by molar-refractivity contribution is -0.187. The summed E-state index contributed by atoms with van der Waals surface area (Å²) in [6, 6.07) is -0.297. The van der Waals surface area contributed by atoms with Gasteiger partial charge in [-0.25, -0.2) is 0 Å². The van der Waals surface area contributed by atoms with Gasteiger partial charge in [0.05, 0.1) is 13.0 Å². The first-order valence-corrected chi connectivity index (χ1v) is 9.14. The van der Waals surface area contributed by atoms with Crippen LogP contribution in [-0.2, 0) is 34.1 Å². The fraction of sp³-hybridized carbons (Fsp3) is 0.571. The van der Waals surface area contributed by atoms with E-state index in [2.05, 4.69) is 0 Å². The largest absolute Gasteiger partial charge is 0.285 e. The van der Waals surface area contributed by atoms with Gasteiger partial charge in [0.15, 0.2) is 5.25 Å². The molecule has 2 atom stereocenters. The Bertz CT molecular complexity index is 711. The first-order chi connectivity index (χ1) is 11.6. The second kappa shape index (κ2) is 7.42. The lowest BCUT2D eigenvalue weighted by Gasteiger charge is -2.22. The summed E-state index contributed by atoms with van der Waals surface area (Å²) in [5, 5.41) is -1.46. The minimum Gasteiger partial charge on any atom is -0.285 e. The van der Waals surface area contributed by atoms with Gasteiger partial charge >= 0.3 is 0 Å². The third-order valence-corrected chi connectivity index (χ3v) is 5.03. The van der Waals surface area contributed by atoms with Crippen LogP contribution >= 0.6 is 0 Å². The molecule has 4 amide bonds. The van der Waals surface area contributed by atoms with Crippen molar-refractivity contribution in [2.75, 3.05) is 6.61 Å². The predicted molar refractivity (Wildman–Crippen MR) is 82.1 cm³/mol. The maximum Gasteiger partial charge on any atom is 0.277 e. The van der Waals surface area contributed by atoms with Crippen LogP contribution in [0, 0.1) is 0 Å². The van der Waals surface area contributed by atoms with E-state index in [0.29, 0.717) is 24.3 Å². The first-order valence-electron chi connectivity index (χ1n) is 7.64. The maximum atomic E-state index is 11.7. The highest BCUT2D eigenvalue weighted by Crippen LogP contribution is 2.20. The van der Waals surface area contributed by atoms with Gasteiger partial charge in [0.2, 0.25) is 0 Å². The molecule has 25 heavy (non-hydrogen) atoms. The molecule has 11 heteroatoms. The lowest BCUT2D eigenvalue weighted by Crippen LogP contribution is -2.38. The fourth-order valence-corrected chi connectivity index (χ4v) is 3.33. The zero-order valence-electron chi connectivity index (χ0n) is 13.5. The van der Waals surface area contributed by atoms with Crippen LogP contribution in [0.25, 0.3) is 0 Å². The Morgan fingerprint density at radius 1 is 1.20 bits per heavy atom. The van der Waals surface area contributed by atoms with Crippen molar-refractivity contribution in [2.24, 2.45) is 0 Å². The molecule has 1 N–H and O–H groups in total. The molecule has 2 heterocycles. The van der Waals surface area contributed by atoms with Gasteiger partial charge in [-0.15, -0.1) is 0 Å². The topological polar surface area (TPSA) is 138 Å². The van der Waals surface area contributed by atoms with Crippen molar-refractivity contribution in [1.82, 2.24) is 9.96 Å². The van der Waals surface area contributed by atoms with Crippen molar-refractivity contribution in [1.29, 1.82) is 0 Å². The van der Waals surface area contributed by atoms with Crippen molar-refractivity contribution < 1.29 is 37.0 Å². The molecule has 1 fully saturated rings. The van der Waals surface area contributed by atoms with Crippen LogP contribution in [0.4, 0.5) is 0 Å². The molecule has 0 aliphatic carbocycles. The minimum absolute atomic E-state index is 0.0253. The van der Waals surface area contributed by atoms with E-state index < -0.39 is 33.6 Å². The number of amides is 4. The van der Waals surface area contributed by atoms with Crippen molar-refractivity contribution in [3.63, 3.8) is 0 Å². The van der Waals surface area contributed by atoms with E-state index in [4.69, 9.17) is 9.39 Å². The summed E-state index contributed by atoms with van der Waals surface area (Å²) in [5.41, 5.74) is 0. The molecular weight excluding hydrogens is 356 g/mol. The Morgan fingerprint density at radius 2 is 1.80 bits per heavy atom. The Hall–Kier alpha value is -2.11. The smallest absolute Gasteiger partial charge is 0.277 e. The average molecular weight is 374 g/mol. The zero-order chi connectivity index (χ0) is 18.8.